The lowest BCUT2D eigenvalue weighted by molar-refractivity contribution is 0.0272. The van der Waals surface area contributed by atoms with Gasteiger partial charge in [0.15, 0.2) is 0 Å². The molecule has 0 aliphatic heterocycles. The van der Waals surface area contributed by atoms with Gasteiger partial charge in [0.05, 0.1) is 0 Å². The number of carbonyl (C=O) groups is 1. The average Bonchev–Trinajstić information content (AvgIpc) is 2.59. The van der Waals surface area contributed by atoms with E-state index < -0.39 is 5.60 Å². The Morgan fingerprint density at radius 1 is 1.12 bits per heavy atom. The van der Waals surface area contributed by atoms with Crippen molar-refractivity contribution in [2.45, 2.75) is 64.0 Å². The first kappa shape index (κ1) is 20.8. The van der Waals surface area contributed by atoms with E-state index in [2.05, 4.69) is 49.3 Å². The Balaban J connectivity index is 1.88. The lowest BCUT2D eigenvalue weighted by atomic mass is 9.71. The predicted molar refractivity (Wildman–Crippen MR) is 107 cm³/mol. The normalized spacial score (nSPS) is 23.7. The van der Waals surface area contributed by atoms with Crippen molar-refractivity contribution in [3.05, 3.63) is 35.9 Å². The molecule has 1 aliphatic carbocycles. The molecule has 2 rings (SSSR count). The Hall–Kier alpha value is -1.55. The molecule has 4 heteroatoms. The monoisotopic (exact) mass is 360 g/mol. The molecule has 26 heavy (non-hydrogen) atoms. The summed E-state index contributed by atoms with van der Waals surface area (Å²) in [5.74, 6) is 0.677. The molecule has 4 nitrogen and oxygen atoms in total. The van der Waals surface area contributed by atoms with Crippen molar-refractivity contribution in [3.63, 3.8) is 0 Å². The number of hydrogen-bond acceptors (Lipinski definition) is 3. The molecule has 1 amide bonds. The summed E-state index contributed by atoms with van der Waals surface area (Å²) >= 11 is 0. The van der Waals surface area contributed by atoms with Crippen LogP contribution in [0.1, 0.15) is 58.4 Å². The number of hydrogen-bond donors (Lipinski definition) is 0. The number of ether oxygens (including phenoxy) is 1. The molecule has 0 unspecified atom stereocenters. The van der Waals surface area contributed by atoms with E-state index in [1.165, 1.54) is 31.2 Å². The van der Waals surface area contributed by atoms with E-state index in [0.717, 1.165) is 13.0 Å². The highest BCUT2D eigenvalue weighted by Gasteiger charge is 2.38. The van der Waals surface area contributed by atoms with Gasteiger partial charge in [-0.15, -0.1) is 0 Å². The maximum atomic E-state index is 12.1. The van der Waals surface area contributed by atoms with Crippen LogP contribution in [0.2, 0.25) is 0 Å². The van der Waals surface area contributed by atoms with Crippen LogP contribution in [0.15, 0.2) is 30.3 Å². The highest BCUT2D eigenvalue weighted by molar-refractivity contribution is 5.67. The molecular weight excluding hydrogens is 324 g/mol. The smallest absolute Gasteiger partial charge is 0.410 e. The summed E-state index contributed by atoms with van der Waals surface area (Å²) in [6.07, 6.45) is 5.58. The fourth-order valence-corrected chi connectivity index (χ4v) is 3.99. The molecule has 1 aliphatic rings. The minimum absolute atomic E-state index is 0.148. The molecule has 0 atom stereocenters. The first-order valence-corrected chi connectivity index (χ1v) is 9.81. The van der Waals surface area contributed by atoms with Crippen LogP contribution in [0.25, 0.3) is 0 Å². The van der Waals surface area contributed by atoms with E-state index >= 15 is 0 Å². The van der Waals surface area contributed by atoms with Crippen LogP contribution in [0.3, 0.4) is 0 Å². The maximum Gasteiger partial charge on any atom is 0.410 e. The molecule has 0 radical (unpaired) electrons. The van der Waals surface area contributed by atoms with Crippen molar-refractivity contribution in [2.24, 2.45) is 5.92 Å². The minimum Gasteiger partial charge on any atom is -0.444 e. The summed E-state index contributed by atoms with van der Waals surface area (Å²) in [7, 11) is 6.23. The van der Waals surface area contributed by atoms with Crippen molar-refractivity contribution in [1.29, 1.82) is 0 Å². The molecule has 0 heterocycles. The van der Waals surface area contributed by atoms with Crippen molar-refractivity contribution < 1.29 is 9.53 Å². The number of nitrogens with zero attached hydrogens (tertiary/aromatic N) is 2. The molecule has 1 aromatic carbocycles. The molecule has 1 fully saturated rings. The second-order valence-electron chi connectivity index (χ2n) is 8.93. The predicted octanol–water partition coefficient (Wildman–Crippen LogP) is 4.89. The van der Waals surface area contributed by atoms with E-state index in [9.17, 15) is 4.79 Å². The van der Waals surface area contributed by atoms with Gasteiger partial charge in [0.2, 0.25) is 0 Å². The summed E-state index contributed by atoms with van der Waals surface area (Å²) in [5, 5.41) is 0. The maximum absolute atomic E-state index is 12.1. The number of rotatable bonds is 5. The summed E-state index contributed by atoms with van der Waals surface area (Å²) in [5.41, 5.74) is 1.14. The summed E-state index contributed by atoms with van der Waals surface area (Å²) in [6, 6.07) is 10.9. The van der Waals surface area contributed by atoms with Gasteiger partial charge in [0, 0.05) is 19.1 Å². The molecule has 0 spiro atoms. The Bertz CT molecular complexity index is 570. The fourth-order valence-electron chi connectivity index (χ4n) is 3.99. The van der Waals surface area contributed by atoms with Crippen molar-refractivity contribution in [3.8, 4) is 0 Å². The van der Waals surface area contributed by atoms with Crippen LogP contribution in [-0.4, -0.2) is 49.2 Å². The Kier molecular flexibility index (Phi) is 6.73. The first-order valence-electron chi connectivity index (χ1n) is 9.81. The second kappa shape index (κ2) is 8.43. The lowest BCUT2D eigenvalue weighted by Gasteiger charge is -2.46. The highest BCUT2D eigenvalue weighted by atomic mass is 16.6. The van der Waals surface area contributed by atoms with Crippen molar-refractivity contribution in [1.82, 2.24) is 9.80 Å². The van der Waals surface area contributed by atoms with Crippen LogP contribution in [-0.2, 0) is 10.3 Å². The molecule has 0 saturated heterocycles. The van der Waals surface area contributed by atoms with Gasteiger partial charge in [-0.25, -0.2) is 4.79 Å². The third-order valence-corrected chi connectivity index (χ3v) is 5.68. The number of amides is 1. The molecule has 0 N–H and O–H groups in total. The minimum atomic E-state index is -0.433. The average molecular weight is 361 g/mol. The number of carbonyl (C=O) groups excluding carboxylic acids is 1. The van der Waals surface area contributed by atoms with E-state index in [1.54, 1.807) is 4.90 Å². The quantitative estimate of drug-likeness (QED) is 0.749. The van der Waals surface area contributed by atoms with E-state index in [-0.39, 0.29) is 11.6 Å². The SMILES string of the molecule is CN(CCC1CCC(c2ccccc2)(N(C)C)CC1)C(=O)OC(C)(C)C. The lowest BCUT2D eigenvalue weighted by Crippen LogP contribution is -2.44. The van der Waals surface area contributed by atoms with Gasteiger partial charge < -0.3 is 9.64 Å². The topological polar surface area (TPSA) is 32.8 Å². The van der Waals surface area contributed by atoms with Crippen LogP contribution in [0.4, 0.5) is 4.79 Å². The van der Waals surface area contributed by atoms with Crippen LogP contribution < -0.4 is 0 Å². The van der Waals surface area contributed by atoms with Gasteiger partial charge in [-0.3, -0.25) is 4.90 Å². The molecule has 1 saturated carbocycles. The first-order chi connectivity index (χ1) is 12.1. The summed E-state index contributed by atoms with van der Waals surface area (Å²) < 4.78 is 5.44. The van der Waals surface area contributed by atoms with Gasteiger partial charge in [-0.05, 0) is 78.5 Å². The molecular formula is C22H36N2O2. The van der Waals surface area contributed by atoms with Gasteiger partial charge in [0.1, 0.15) is 5.60 Å². The van der Waals surface area contributed by atoms with E-state index in [0.29, 0.717) is 5.92 Å². The Labute approximate surface area is 159 Å². The third-order valence-electron chi connectivity index (χ3n) is 5.68. The molecule has 0 bridgehead atoms. The zero-order chi connectivity index (χ0) is 19.4. The van der Waals surface area contributed by atoms with E-state index in [4.69, 9.17) is 4.74 Å². The van der Waals surface area contributed by atoms with Crippen LogP contribution >= 0.6 is 0 Å². The van der Waals surface area contributed by atoms with Crippen LogP contribution in [0.5, 0.6) is 0 Å². The Morgan fingerprint density at radius 3 is 2.19 bits per heavy atom. The zero-order valence-corrected chi connectivity index (χ0v) is 17.4. The molecule has 146 valence electrons. The summed E-state index contributed by atoms with van der Waals surface area (Å²) in [4.78, 5) is 16.2. The second-order valence-corrected chi connectivity index (χ2v) is 8.93. The van der Waals surface area contributed by atoms with Gasteiger partial charge >= 0.3 is 6.09 Å². The van der Waals surface area contributed by atoms with Gasteiger partial charge in [-0.1, -0.05) is 30.3 Å². The molecule has 1 aromatic rings. The fraction of sp³-hybridized carbons (Fsp3) is 0.682. The van der Waals surface area contributed by atoms with Gasteiger partial charge in [-0.2, -0.15) is 0 Å². The largest absolute Gasteiger partial charge is 0.444 e. The molecule has 0 aromatic heterocycles. The Morgan fingerprint density at radius 2 is 1.69 bits per heavy atom. The van der Waals surface area contributed by atoms with Crippen molar-refractivity contribution in [2.75, 3.05) is 27.7 Å². The van der Waals surface area contributed by atoms with Crippen molar-refractivity contribution >= 4 is 6.09 Å². The summed E-state index contributed by atoms with van der Waals surface area (Å²) in [6.45, 7) is 6.48. The van der Waals surface area contributed by atoms with E-state index in [1.807, 2.05) is 27.8 Å². The zero-order valence-electron chi connectivity index (χ0n) is 17.4. The third kappa shape index (κ3) is 5.23. The van der Waals surface area contributed by atoms with Crippen LogP contribution in [0, 0.1) is 5.92 Å². The standard InChI is InChI=1S/C22H36N2O2/c1-21(2,3)26-20(25)24(6)17-14-18-12-15-22(16-13-18,23(4)5)19-10-8-7-9-11-19/h7-11,18H,12-17H2,1-6H3. The highest BCUT2D eigenvalue weighted by Crippen LogP contribution is 2.43. The van der Waals surface area contributed by atoms with Gasteiger partial charge in [0.25, 0.3) is 0 Å². The number of benzene rings is 1.